The van der Waals surface area contributed by atoms with Crippen LogP contribution in [0.15, 0.2) is 12.3 Å². The molecule has 86 valence electrons. The maximum absolute atomic E-state index is 12.0. The summed E-state index contributed by atoms with van der Waals surface area (Å²) in [6.45, 7) is 0.880. The average molecular weight is 261 g/mol. The lowest BCUT2D eigenvalue weighted by Gasteiger charge is -2.16. The van der Waals surface area contributed by atoms with Crippen LogP contribution in [0.3, 0.4) is 0 Å². The van der Waals surface area contributed by atoms with Gasteiger partial charge in [0.1, 0.15) is 5.15 Å². The Morgan fingerprint density at radius 3 is 2.94 bits per heavy atom. The minimum absolute atomic E-state index is 0.217. The van der Waals surface area contributed by atoms with Crippen LogP contribution in [0.1, 0.15) is 16.8 Å². The standard InChI is InChI=1S/C10H10Cl2N2O2/c11-8-4-13-9(12)3-7(8)10(16)14-2-1-6(15)5-14/h3-4,6,15H,1-2,5H2/t6-/m1/s1. The second-order valence-electron chi connectivity index (χ2n) is 3.68. The van der Waals surface area contributed by atoms with Gasteiger partial charge in [-0.3, -0.25) is 4.79 Å². The Kier molecular flexibility index (Phi) is 3.33. The number of carbonyl (C=O) groups excluding carboxylic acids is 1. The molecule has 0 spiro atoms. The molecule has 2 rings (SSSR count). The van der Waals surface area contributed by atoms with Gasteiger partial charge in [-0.15, -0.1) is 0 Å². The molecule has 16 heavy (non-hydrogen) atoms. The number of carbonyl (C=O) groups is 1. The minimum Gasteiger partial charge on any atom is -0.391 e. The Balaban J connectivity index is 2.23. The first kappa shape index (κ1) is 11.6. The molecule has 1 aliphatic heterocycles. The van der Waals surface area contributed by atoms with Crippen LogP contribution in [-0.2, 0) is 0 Å². The number of pyridine rings is 1. The number of hydrogen-bond donors (Lipinski definition) is 1. The van der Waals surface area contributed by atoms with Crippen molar-refractivity contribution in [3.05, 3.63) is 28.0 Å². The van der Waals surface area contributed by atoms with Crippen molar-refractivity contribution in [1.29, 1.82) is 0 Å². The molecule has 2 heterocycles. The van der Waals surface area contributed by atoms with Crippen molar-refractivity contribution < 1.29 is 9.90 Å². The summed E-state index contributed by atoms with van der Waals surface area (Å²) in [7, 11) is 0. The van der Waals surface area contributed by atoms with Gasteiger partial charge in [0.2, 0.25) is 0 Å². The third-order valence-corrected chi connectivity index (χ3v) is 3.01. The maximum atomic E-state index is 12.0. The number of hydrogen-bond acceptors (Lipinski definition) is 3. The molecule has 1 aromatic heterocycles. The summed E-state index contributed by atoms with van der Waals surface area (Å²) < 4.78 is 0. The zero-order valence-corrected chi connectivity index (χ0v) is 9.87. The molecule has 0 radical (unpaired) electrons. The first-order chi connectivity index (χ1) is 7.58. The van der Waals surface area contributed by atoms with E-state index < -0.39 is 6.10 Å². The van der Waals surface area contributed by atoms with E-state index in [0.29, 0.717) is 25.1 Å². The van der Waals surface area contributed by atoms with Crippen molar-refractivity contribution in [2.75, 3.05) is 13.1 Å². The van der Waals surface area contributed by atoms with Crippen molar-refractivity contribution in [3.8, 4) is 0 Å². The molecular formula is C10H10Cl2N2O2. The van der Waals surface area contributed by atoms with E-state index in [0.717, 1.165) is 0 Å². The lowest BCUT2D eigenvalue weighted by atomic mass is 10.2. The number of rotatable bonds is 1. The molecule has 1 saturated heterocycles. The van der Waals surface area contributed by atoms with Crippen LogP contribution in [-0.4, -0.2) is 40.1 Å². The number of nitrogens with zero attached hydrogens (tertiary/aromatic N) is 2. The topological polar surface area (TPSA) is 53.4 Å². The Morgan fingerprint density at radius 2 is 2.31 bits per heavy atom. The molecular weight excluding hydrogens is 251 g/mol. The van der Waals surface area contributed by atoms with Crippen molar-refractivity contribution in [1.82, 2.24) is 9.88 Å². The van der Waals surface area contributed by atoms with Crippen molar-refractivity contribution in [3.63, 3.8) is 0 Å². The van der Waals surface area contributed by atoms with Gasteiger partial charge >= 0.3 is 0 Å². The highest BCUT2D eigenvalue weighted by atomic mass is 35.5. The summed E-state index contributed by atoms with van der Waals surface area (Å²) >= 11 is 11.6. The van der Waals surface area contributed by atoms with E-state index in [1.165, 1.54) is 12.3 Å². The van der Waals surface area contributed by atoms with Gasteiger partial charge in [-0.1, -0.05) is 23.2 Å². The predicted octanol–water partition coefficient (Wildman–Crippen LogP) is 1.60. The highest BCUT2D eigenvalue weighted by molar-refractivity contribution is 6.35. The van der Waals surface area contributed by atoms with Crippen LogP contribution in [0.25, 0.3) is 0 Å². The highest BCUT2D eigenvalue weighted by Gasteiger charge is 2.26. The Morgan fingerprint density at radius 1 is 1.56 bits per heavy atom. The van der Waals surface area contributed by atoms with Crippen LogP contribution in [0.4, 0.5) is 0 Å². The molecule has 0 bridgehead atoms. The second kappa shape index (κ2) is 4.57. The SMILES string of the molecule is O=C(c1cc(Cl)ncc1Cl)N1CC[C@@H](O)C1. The first-order valence-corrected chi connectivity index (χ1v) is 5.62. The fourth-order valence-corrected chi connectivity index (χ4v) is 2.02. The fraction of sp³-hybridized carbons (Fsp3) is 0.400. The molecule has 1 fully saturated rings. The molecule has 0 aliphatic carbocycles. The third-order valence-electron chi connectivity index (χ3n) is 2.50. The maximum Gasteiger partial charge on any atom is 0.255 e. The van der Waals surface area contributed by atoms with Crippen molar-refractivity contribution in [2.45, 2.75) is 12.5 Å². The zero-order chi connectivity index (χ0) is 11.7. The second-order valence-corrected chi connectivity index (χ2v) is 4.47. The van der Waals surface area contributed by atoms with Gasteiger partial charge in [-0.2, -0.15) is 0 Å². The Bertz CT molecular complexity index is 425. The van der Waals surface area contributed by atoms with Crippen LogP contribution >= 0.6 is 23.2 Å². The normalized spacial score (nSPS) is 20.2. The summed E-state index contributed by atoms with van der Waals surface area (Å²) in [5, 5.41) is 9.86. The van der Waals surface area contributed by atoms with Gasteiger partial charge in [-0.05, 0) is 12.5 Å². The average Bonchev–Trinajstić information content (AvgIpc) is 2.67. The molecule has 6 heteroatoms. The van der Waals surface area contributed by atoms with E-state index in [1.807, 2.05) is 0 Å². The monoisotopic (exact) mass is 260 g/mol. The first-order valence-electron chi connectivity index (χ1n) is 4.86. The number of likely N-dealkylation sites (tertiary alicyclic amines) is 1. The van der Waals surface area contributed by atoms with Gasteiger partial charge in [-0.25, -0.2) is 4.98 Å². The number of aliphatic hydroxyl groups is 1. The smallest absolute Gasteiger partial charge is 0.255 e. The zero-order valence-electron chi connectivity index (χ0n) is 8.36. The minimum atomic E-state index is -0.444. The van der Waals surface area contributed by atoms with Crippen molar-refractivity contribution >= 4 is 29.1 Å². The van der Waals surface area contributed by atoms with E-state index in [9.17, 15) is 9.90 Å². The lowest BCUT2D eigenvalue weighted by Crippen LogP contribution is -2.29. The number of β-amino-alcohol motifs (C(OH)–C–C–N with tert-alkyl or cyclic N) is 1. The van der Waals surface area contributed by atoms with E-state index in [1.54, 1.807) is 4.90 Å². The molecule has 0 aromatic carbocycles. The summed E-state index contributed by atoms with van der Waals surface area (Å²) in [5.74, 6) is -0.217. The van der Waals surface area contributed by atoms with Gasteiger partial charge < -0.3 is 10.0 Å². The third kappa shape index (κ3) is 2.29. The largest absolute Gasteiger partial charge is 0.391 e. The quantitative estimate of drug-likeness (QED) is 0.781. The van der Waals surface area contributed by atoms with E-state index in [-0.39, 0.29) is 16.1 Å². The number of amides is 1. The molecule has 1 amide bonds. The molecule has 0 saturated carbocycles. The Hall–Kier alpha value is -0.840. The van der Waals surface area contributed by atoms with Crippen LogP contribution in [0.5, 0.6) is 0 Å². The lowest BCUT2D eigenvalue weighted by molar-refractivity contribution is 0.0765. The van der Waals surface area contributed by atoms with Gasteiger partial charge in [0, 0.05) is 19.3 Å². The predicted molar refractivity (Wildman–Crippen MR) is 60.8 cm³/mol. The molecule has 4 nitrogen and oxygen atoms in total. The van der Waals surface area contributed by atoms with Gasteiger partial charge in [0.25, 0.3) is 5.91 Å². The molecule has 1 aromatic rings. The molecule has 1 aliphatic rings. The van der Waals surface area contributed by atoms with Gasteiger partial charge in [0.15, 0.2) is 0 Å². The highest BCUT2D eigenvalue weighted by Crippen LogP contribution is 2.21. The van der Waals surface area contributed by atoms with E-state index in [2.05, 4.69) is 4.98 Å². The van der Waals surface area contributed by atoms with Crippen LogP contribution in [0, 0.1) is 0 Å². The van der Waals surface area contributed by atoms with E-state index in [4.69, 9.17) is 23.2 Å². The van der Waals surface area contributed by atoms with Crippen LogP contribution in [0.2, 0.25) is 10.2 Å². The summed E-state index contributed by atoms with van der Waals surface area (Å²) in [5.41, 5.74) is 0.329. The molecule has 0 unspecified atom stereocenters. The Labute approximate surface area is 103 Å². The van der Waals surface area contributed by atoms with E-state index >= 15 is 0 Å². The van der Waals surface area contributed by atoms with Gasteiger partial charge in [0.05, 0.1) is 16.7 Å². The number of aromatic nitrogens is 1. The molecule has 1 N–H and O–H groups in total. The molecule has 1 atom stereocenters. The summed E-state index contributed by atoms with van der Waals surface area (Å²) in [6.07, 6.45) is 1.51. The van der Waals surface area contributed by atoms with Crippen LogP contribution < -0.4 is 0 Å². The number of halogens is 2. The number of aliphatic hydroxyl groups excluding tert-OH is 1. The van der Waals surface area contributed by atoms with Crippen molar-refractivity contribution in [2.24, 2.45) is 0 Å². The summed E-state index contributed by atoms with van der Waals surface area (Å²) in [6, 6.07) is 1.44. The fourth-order valence-electron chi connectivity index (χ4n) is 1.67. The summed E-state index contributed by atoms with van der Waals surface area (Å²) in [4.78, 5) is 17.3.